The van der Waals surface area contributed by atoms with E-state index in [0.29, 0.717) is 31.4 Å². The Morgan fingerprint density at radius 2 is 1.72 bits per heavy atom. The Hall–Kier alpha value is -3.93. The Morgan fingerprint density at radius 3 is 2.53 bits per heavy atom. The molecule has 0 radical (unpaired) electrons. The summed E-state index contributed by atoms with van der Waals surface area (Å²) < 4.78 is 11.5. The van der Waals surface area contributed by atoms with Crippen molar-refractivity contribution in [2.45, 2.75) is 32.9 Å². The highest BCUT2D eigenvalue weighted by atomic mass is 16.5. The Kier molecular flexibility index (Phi) is 6.92. The van der Waals surface area contributed by atoms with Gasteiger partial charge < -0.3 is 14.5 Å². The molecule has 1 aromatic heterocycles. The highest BCUT2D eigenvalue weighted by Gasteiger charge is 2.10. The zero-order chi connectivity index (χ0) is 22.2. The fourth-order valence-electron chi connectivity index (χ4n) is 3.19. The van der Waals surface area contributed by atoms with Gasteiger partial charge in [0.1, 0.15) is 12.4 Å². The van der Waals surface area contributed by atoms with Crippen LogP contribution < -0.4 is 10.1 Å². The van der Waals surface area contributed by atoms with Crippen LogP contribution in [-0.2, 0) is 24.4 Å². The summed E-state index contributed by atoms with van der Waals surface area (Å²) in [7, 11) is 0. The van der Waals surface area contributed by atoms with E-state index in [1.807, 2.05) is 85.8 Å². The van der Waals surface area contributed by atoms with E-state index in [4.69, 9.17) is 9.15 Å². The molecule has 0 saturated heterocycles. The van der Waals surface area contributed by atoms with Crippen LogP contribution in [0.15, 0.2) is 83.3 Å². The molecule has 1 N–H and O–H groups in total. The molecule has 0 spiro atoms. The Morgan fingerprint density at radius 1 is 0.938 bits per heavy atom. The van der Waals surface area contributed by atoms with Crippen molar-refractivity contribution in [2.24, 2.45) is 0 Å². The van der Waals surface area contributed by atoms with Crippen molar-refractivity contribution in [3.05, 3.63) is 101 Å². The van der Waals surface area contributed by atoms with Gasteiger partial charge in [0.25, 0.3) is 0 Å². The number of amides is 1. The number of carbonyl (C=O) groups excluding carboxylic acids is 1. The number of aromatic nitrogens is 2. The zero-order valence-corrected chi connectivity index (χ0v) is 18.0. The predicted octanol–water partition coefficient (Wildman–Crippen LogP) is 4.87. The summed E-state index contributed by atoms with van der Waals surface area (Å²) in [6.45, 7) is 2.96. The van der Waals surface area contributed by atoms with Crippen molar-refractivity contribution >= 4 is 5.91 Å². The maximum atomic E-state index is 12.3. The smallest absolute Gasteiger partial charge is 0.247 e. The minimum Gasteiger partial charge on any atom is -0.489 e. The van der Waals surface area contributed by atoms with E-state index in [1.165, 1.54) is 5.56 Å². The van der Waals surface area contributed by atoms with Crippen molar-refractivity contribution in [3.63, 3.8) is 0 Å². The molecule has 4 aromatic rings. The SMILES string of the molecule is Cc1ccc(-c2nnc(CCC(=O)NCc3cccc(COc4ccccc4)c3)o2)cc1. The summed E-state index contributed by atoms with van der Waals surface area (Å²) in [4.78, 5) is 12.3. The molecule has 0 fully saturated rings. The molecule has 0 saturated carbocycles. The molecule has 162 valence electrons. The molecule has 0 aliphatic carbocycles. The predicted molar refractivity (Wildman–Crippen MR) is 122 cm³/mol. The third-order valence-electron chi connectivity index (χ3n) is 4.96. The first-order chi connectivity index (χ1) is 15.7. The highest BCUT2D eigenvalue weighted by molar-refractivity contribution is 5.76. The molecule has 32 heavy (non-hydrogen) atoms. The first-order valence-corrected chi connectivity index (χ1v) is 10.6. The van der Waals surface area contributed by atoms with E-state index in [-0.39, 0.29) is 12.3 Å². The molecule has 1 amide bonds. The van der Waals surface area contributed by atoms with Crippen LogP contribution in [0.1, 0.15) is 29.0 Å². The quantitative estimate of drug-likeness (QED) is 0.412. The van der Waals surface area contributed by atoms with Gasteiger partial charge in [-0.2, -0.15) is 0 Å². The van der Waals surface area contributed by atoms with Gasteiger partial charge in [-0.05, 0) is 42.3 Å². The Labute approximate surface area is 187 Å². The van der Waals surface area contributed by atoms with Gasteiger partial charge in [0, 0.05) is 24.9 Å². The number of hydrogen-bond acceptors (Lipinski definition) is 5. The van der Waals surface area contributed by atoms with Gasteiger partial charge in [-0.25, -0.2) is 0 Å². The molecular formula is C26H25N3O3. The molecule has 0 aliphatic heterocycles. The van der Waals surface area contributed by atoms with Gasteiger partial charge in [0.05, 0.1) is 0 Å². The number of nitrogens with zero attached hydrogens (tertiary/aromatic N) is 2. The van der Waals surface area contributed by atoms with Gasteiger partial charge >= 0.3 is 0 Å². The first-order valence-electron chi connectivity index (χ1n) is 10.6. The number of rotatable bonds is 9. The first kappa shape index (κ1) is 21.3. The highest BCUT2D eigenvalue weighted by Crippen LogP contribution is 2.19. The maximum Gasteiger partial charge on any atom is 0.247 e. The lowest BCUT2D eigenvalue weighted by Gasteiger charge is -2.09. The molecule has 0 unspecified atom stereocenters. The third-order valence-corrected chi connectivity index (χ3v) is 4.96. The van der Waals surface area contributed by atoms with Gasteiger partial charge in [-0.15, -0.1) is 10.2 Å². The number of carbonyl (C=O) groups is 1. The van der Waals surface area contributed by atoms with Crippen molar-refractivity contribution < 1.29 is 13.9 Å². The topological polar surface area (TPSA) is 77.2 Å². The lowest BCUT2D eigenvalue weighted by molar-refractivity contribution is -0.121. The van der Waals surface area contributed by atoms with Gasteiger partial charge in [0.15, 0.2) is 0 Å². The average molecular weight is 428 g/mol. The van der Waals surface area contributed by atoms with E-state index in [1.54, 1.807) is 0 Å². The second-order valence-corrected chi connectivity index (χ2v) is 7.57. The lowest BCUT2D eigenvalue weighted by atomic mass is 10.1. The number of nitrogens with one attached hydrogen (secondary N) is 1. The normalized spacial score (nSPS) is 10.7. The Balaban J connectivity index is 1.23. The molecule has 4 rings (SSSR count). The van der Waals surface area contributed by atoms with Crippen molar-refractivity contribution in [3.8, 4) is 17.2 Å². The van der Waals surface area contributed by atoms with Crippen LogP contribution in [0.2, 0.25) is 0 Å². The Bertz CT molecular complexity index is 1150. The fraction of sp³-hybridized carbons (Fsp3) is 0.192. The van der Waals surface area contributed by atoms with E-state index in [2.05, 4.69) is 15.5 Å². The van der Waals surface area contributed by atoms with Crippen LogP contribution >= 0.6 is 0 Å². The number of para-hydroxylation sites is 1. The second kappa shape index (κ2) is 10.4. The monoisotopic (exact) mass is 427 g/mol. The standard InChI is InChI=1S/C26H25N3O3/c1-19-10-12-22(13-11-19)26-29-28-25(32-26)15-14-24(30)27-17-20-6-5-7-21(16-20)18-31-23-8-3-2-4-9-23/h2-13,16H,14-15,17-18H2,1H3,(H,27,30). The van der Waals surface area contributed by atoms with Crippen LogP contribution in [-0.4, -0.2) is 16.1 Å². The fourth-order valence-corrected chi connectivity index (χ4v) is 3.19. The number of hydrogen-bond donors (Lipinski definition) is 1. The number of ether oxygens (including phenoxy) is 1. The molecule has 0 aliphatic rings. The summed E-state index contributed by atoms with van der Waals surface area (Å²) in [6, 6.07) is 25.6. The number of benzene rings is 3. The minimum atomic E-state index is -0.0639. The third kappa shape index (κ3) is 6.04. The van der Waals surface area contributed by atoms with Crippen LogP contribution in [0.5, 0.6) is 5.75 Å². The molecular weight excluding hydrogens is 402 g/mol. The molecule has 0 atom stereocenters. The van der Waals surface area contributed by atoms with Crippen LogP contribution in [0.25, 0.3) is 11.5 Å². The van der Waals surface area contributed by atoms with Gasteiger partial charge in [-0.3, -0.25) is 4.79 Å². The summed E-state index contributed by atoms with van der Waals surface area (Å²) in [5.74, 6) is 1.69. The van der Waals surface area contributed by atoms with Crippen LogP contribution in [0.3, 0.4) is 0 Å². The maximum absolute atomic E-state index is 12.3. The van der Waals surface area contributed by atoms with E-state index in [9.17, 15) is 4.79 Å². The van der Waals surface area contributed by atoms with Crippen molar-refractivity contribution in [1.82, 2.24) is 15.5 Å². The summed E-state index contributed by atoms with van der Waals surface area (Å²) in [6.07, 6.45) is 0.683. The largest absolute Gasteiger partial charge is 0.489 e. The number of aryl methyl sites for hydroxylation is 2. The summed E-state index contributed by atoms with van der Waals surface area (Å²) >= 11 is 0. The second-order valence-electron chi connectivity index (χ2n) is 7.57. The van der Waals surface area contributed by atoms with Gasteiger partial charge in [0.2, 0.25) is 17.7 Å². The molecule has 1 heterocycles. The van der Waals surface area contributed by atoms with Gasteiger partial charge in [-0.1, -0.05) is 60.2 Å². The molecule has 6 heteroatoms. The molecule has 6 nitrogen and oxygen atoms in total. The average Bonchev–Trinajstić information content (AvgIpc) is 3.31. The molecule has 0 bridgehead atoms. The summed E-state index contributed by atoms with van der Waals surface area (Å²) in [5, 5.41) is 11.1. The van der Waals surface area contributed by atoms with E-state index in [0.717, 1.165) is 22.4 Å². The molecule has 3 aromatic carbocycles. The van der Waals surface area contributed by atoms with Crippen molar-refractivity contribution in [2.75, 3.05) is 0 Å². The van der Waals surface area contributed by atoms with Crippen molar-refractivity contribution in [1.29, 1.82) is 0 Å². The zero-order valence-electron chi connectivity index (χ0n) is 18.0. The minimum absolute atomic E-state index is 0.0639. The van der Waals surface area contributed by atoms with E-state index < -0.39 is 0 Å². The van der Waals surface area contributed by atoms with E-state index >= 15 is 0 Å². The lowest BCUT2D eigenvalue weighted by Crippen LogP contribution is -2.23. The van der Waals surface area contributed by atoms with Crippen LogP contribution in [0.4, 0.5) is 0 Å². The summed E-state index contributed by atoms with van der Waals surface area (Å²) in [5.41, 5.74) is 4.11. The van der Waals surface area contributed by atoms with Crippen LogP contribution in [0, 0.1) is 6.92 Å².